The van der Waals surface area contributed by atoms with Gasteiger partial charge in [0, 0.05) is 10.7 Å². The molecule has 1 heterocycles. The molecule has 1 aliphatic rings. The van der Waals surface area contributed by atoms with Crippen LogP contribution in [-0.4, -0.2) is 11.8 Å². The van der Waals surface area contributed by atoms with Gasteiger partial charge in [0.25, 0.3) is 11.8 Å². The second-order valence-corrected chi connectivity index (χ2v) is 7.37. The summed E-state index contributed by atoms with van der Waals surface area (Å²) in [5, 5.41) is 3.81. The van der Waals surface area contributed by atoms with Crippen LogP contribution in [0.4, 0.5) is 11.4 Å². The molecule has 0 saturated carbocycles. The van der Waals surface area contributed by atoms with Gasteiger partial charge in [-0.25, -0.2) is 4.90 Å². The smallest absolute Gasteiger partial charge is 0.282 e. The molecule has 1 N–H and O–H groups in total. The molecule has 2 amide bonds. The summed E-state index contributed by atoms with van der Waals surface area (Å²) in [6, 6.07) is 22.0. The Bertz CT molecular complexity index is 1150. The lowest BCUT2D eigenvalue weighted by Crippen LogP contribution is -2.33. The van der Waals surface area contributed by atoms with Crippen LogP contribution in [-0.2, 0) is 9.59 Å². The van der Waals surface area contributed by atoms with Crippen LogP contribution >= 0.6 is 11.6 Å². The van der Waals surface area contributed by atoms with Crippen molar-refractivity contribution in [3.05, 3.63) is 100 Å². The van der Waals surface area contributed by atoms with Gasteiger partial charge in [-0.15, -0.1) is 0 Å². The van der Waals surface area contributed by atoms with Crippen molar-refractivity contribution in [2.75, 3.05) is 10.2 Å². The number of carbonyl (C=O) groups is 2. The Balaban J connectivity index is 1.85. The van der Waals surface area contributed by atoms with Gasteiger partial charge in [0.15, 0.2) is 0 Å². The monoisotopic (exact) mass is 402 g/mol. The van der Waals surface area contributed by atoms with Crippen molar-refractivity contribution in [2.45, 2.75) is 13.8 Å². The predicted octanol–water partition coefficient (Wildman–Crippen LogP) is 5.35. The predicted molar refractivity (Wildman–Crippen MR) is 117 cm³/mol. The van der Waals surface area contributed by atoms with Crippen LogP contribution in [0, 0.1) is 13.8 Å². The largest absolute Gasteiger partial charge is 0.350 e. The standard InChI is InChI=1S/C24H19ClN2O2/c1-15-8-6-7-11-20(15)27-23(28)21(17-9-4-3-5-10-17)22(24(27)29)26-19-13-12-18(25)14-16(19)2/h3-14,26H,1-2H3. The van der Waals surface area contributed by atoms with Gasteiger partial charge in [0.1, 0.15) is 5.70 Å². The fourth-order valence-electron chi connectivity index (χ4n) is 3.45. The molecule has 0 bridgehead atoms. The van der Waals surface area contributed by atoms with E-state index in [2.05, 4.69) is 5.32 Å². The highest BCUT2D eigenvalue weighted by atomic mass is 35.5. The van der Waals surface area contributed by atoms with Crippen molar-refractivity contribution in [2.24, 2.45) is 0 Å². The van der Waals surface area contributed by atoms with E-state index in [0.717, 1.165) is 16.8 Å². The first-order valence-corrected chi connectivity index (χ1v) is 9.62. The Morgan fingerprint density at radius 3 is 2.17 bits per heavy atom. The van der Waals surface area contributed by atoms with E-state index >= 15 is 0 Å². The van der Waals surface area contributed by atoms with Crippen molar-refractivity contribution in [3.63, 3.8) is 0 Å². The van der Waals surface area contributed by atoms with Gasteiger partial charge < -0.3 is 5.32 Å². The molecule has 29 heavy (non-hydrogen) atoms. The number of carbonyl (C=O) groups excluding carboxylic acids is 2. The lowest BCUT2D eigenvalue weighted by molar-refractivity contribution is -0.120. The molecular weight excluding hydrogens is 384 g/mol. The Labute approximate surface area is 174 Å². The molecule has 0 aromatic heterocycles. The first kappa shape index (κ1) is 19.0. The summed E-state index contributed by atoms with van der Waals surface area (Å²) in [6.45, 7) is 3.78. The third-order valence-corrected chi connectivity index (χ3v) is 5.19. The third-order valence-electron chi connectivity index (χ3n) is 4.95. The molecule has 0 unspecified atom stereocenters. The molecule has 144 valence electrons. The average Bonchev–Trinajstić information content (AvgIpc) is 2.95. The van der Waals surface area contributed by atoms with Crippen LogP contribution in [0.3, 0.4) is 0 Å². The highest BCUT2D eigenvalue weighted by Crippen LogP contribution is 2.35. The fraction of sp³-hybridized carbons (Fsp3) is 0.0833. The van der Waals surface area contributed by atoms with Crippen molar-refractivity contribution in [1.82, 2.24) is 0 Å². The minimum Gasteiger partial charge on any atom is -0.350 e. The summed E-state index contributed by atoms with van der Waals surface area (Å²) in [6.07, 6.45) is 0. The Hall–Kier alpha value is -3.37. The zero-order valence-electron chi connectivity index (χ0n) is 16.1. The number of halogens is 1. The fourth-order valence-corrected chi connectivity index (χ4v) is 3.68. The average molecular weight is 403 g/mol. The second-order valence-electron chi connectivity index (χ2n) is 6.93. The summed E-state index contributed by atoms with van der Waals surface area (Å²) in [4.78, 5) is 28.0. The summed E-state index contributed by atoms with van der Waals surface area (Å²) in [5.41, 5.74) is 4.35. The molecule has 1 aliphatic heterocycles. The van der Waals surface area contributed by atoms with Gasteiger partial charge in [-0.3, -0.25) is 9.59 Å². The Kier molecular flexibility index (Phi) is 4.95. The summed E-state index contributed by atoms with van der Waals surface area (Å²) >= 11 is 6.06. The second kappa shape index (κ2) is 7.57. The minimum absolute atomic E-state index is 0.259. The lowest BCUT2D eigenvalue weighted by atomic mass is 10.0. The van der Waals surface area contributed by atoms with E-state index in [4.69, 9.17) is 11.6 Å². The van der Waals surface area contributed by atoms with Crippen LogP contribution in [0.5, 0.6) is 0 Å². The summed E-state index contributed by atoms with van der Waals surface area (Å²) in [7, 11) is 0. The van der Waals surface area contributed by atoms with Gasteiger partial charge in [-0.05, 0) is 54.8 Å². The van der Waals surface area contributed by atoms with Crippen LogP contribution in [0.2, 0.25) is 5.02 Å². The molecule has 0 radical (unpaired) electrons. The maximum atomic E-state index is 13.4. The quantitative estimate of drug-likeness (QED) is 0.598. The van der Waals surface area contributed by atoms with Crippen molar-refractivity contribution < 1.29 is 9.59 Å². The van der Waals surface area contributed by atoms with E-state index in [1.54, 1.807) is 12.1 Å². The number of imide groups is 1. The third kappa shape index (κ3) is 3.43. The highest BCUT2D eigenvalue weighted by Gasteiger charge is 2.40. The molecule has 4 nitrogen and oxygen atoms in total. The first-order valence-electron chi connectivity index (χ1n) is 9.24. The number of para-hydroxylation sites is 1. The van der Waals surface area contributed by atoms with Crippen molar-refractivity contribution in [3.8, 4) is 0 Å². The zero-order valence-corrected chi connectivity index (χ0v) is 16.8. The van der Waals surface area contributed by atoms with E-state index < -0.39 is 0 Å². The molecular formula is C24H19ClN2O2. The number of benzene rings is 3. The number of aryl methyl sites for hydroxylation is 2. The van der Waals surface area contributed by atoms with Crippen LogP contribution in [0.15, 0.2) is 78.5 Å². The number of amides is 2. The maximum Gasteiger partial charge on any atom is 0.282 e. The zero-order chi connectivity index (χ0) is 20.5. The molecule has 5 heteroatoms. The number of anilines is 2. The molecule has 4 rings (SSSR count). The van der Waals surface area contributed by atoms with Crippen LogP contribution in [0.25, 0.3) is 5.57 Å². The molecule has 0 atom stereocenters. The number of hydrogen-bond acceptors (Lipinski definition) is 3. The number of nitrogens with zero attached hydrogens (tertiary/aromatic N) is 1. The van der Waals surface area contributed by atoms with E-state index in [1.165, 1.54) is 4.90 Å². The van der Waals surface area contributed by atoms with E-state index in [-0.39, 0.29) is 17.5 Å². The molecule has 3 aromatic carbocycles. The van der Waals surface area contributed by atoms with Crippen LogP contribution in [0.1, 0.15) is 16.7 Å². The topological polar surface area (TPSA) is 49.4 Å². The maximum absolute atomic E-state index is 13.4. The lowest BCUT2D eigenvalue weighted by Gasteiger charge is -2.18. The number of rotatable bonds is 4. The van der Waals surface area contributed by atoms with Gasteiger partial charge in [0.2, 0.25) is 0 Å². The highest BCUT2D eigenvalue weighted by molar-refractivity contribution is 6.46. The molecule has 3 aromatic rings. The van der Waals surface area contributed by atoms with Crippen LogP contribution < -0.4 is 10.2 Å². The summed E-state index contributed by atoms with van der Waals surface area (Å²) in [5.74, 6) is -0.720. The molecule has 0 aliphatic carbocycles. The Morgan fingerprint density at radius 1 is 0.793 bits per heavy atom. The minimum atomic E-state index is -0.377. The van der Waals surface area contributed by atoms with Crippen molar-refractivity contribution >= 4 is 40.4 Å². The number of nitrogens with one attached hydrogen (secondary N) is 1. The van der Waals surface area contributed by atoms with Gasteiger partial charge >= 0.3 is 0 Å². The number of hydrogen-bond donors (Lipinski definition) is 1. The molecule has 0 fully saturated rings. The SMILES string of the molecule is Cc1cc(Cl)ccc1NC1=C(c2ccccc2)C(=O)N(c2ccccc2C)C1=O. The van der Waals surface area contributed by atoms with Gasteiger partial charge in [0.05, 0.1) is 11.3 Å². The molecule has 0 spiro atoms. The Morgan fingerprint density at radius 2 is 1.48 bits per heavy atom. The van der Waals surface area contributed by atoms with Crippen molar-refractivity contribution in [1.29, 1.82) is 0 Å². The summed E-state index contributed by atoms with van der Waals surface area (Å²) < 4.78 is 0. The van der Waals surface area contributed by atoms with Gasteiger partial charge in [-0.2, -0.15) is 0 Å². The van der Waals surface area contributed by atoms with E-state index in [0.29, 0.717) is 21.8 Å². The first-order chi connectivity index (χ1) is 14.0. The van der Waals surface area contributed by atoms with Gasteiger partial charge in [-0.1, -0.05) is 60.1 Å². The van der Waals surface area contributed by atoms with E-state index in [9.17, 15) is 9.59 Å². The normalized spacial score (nSPS) is 14.0. The van der Waals surface area contributed by atoms with E-state index in [1.807, 2.05) is 74.5 Å². The molecule has 0 saturated heterocycles.